The summed E-state index contributed by atoms with van der Waals surface area (Å²) in [6.07, 6.45) is 0.125. The Morgan fingerprint density at radius 2 is 1.95 bits per heavy atom. The summed E-state index contributed by atoms with van der Waals surface area (Å²) in [7, 11) is 0. The third-order valence-electron chi connectivity index (χ3n) is 2.40. The molecule has 2 aromatic rings. The first-order valence-electron chi connectivity index (χ1n) is 5.62. The number of nitrogens with zero attached hydrogens (tertiary/aromatic N) is 7. The van der Waals surface area contributed by atoms with Crippen LogP contribution in [0.5, 0.6) is 0 Å². The number of rotatable bonds is 6. The molecule has 0 amide bonds. The maximum atomic E-state index is 11.2. The fourth-order valence-corrected chi connectivity index (χ4v) is 1.39. The molecule has 21 heavy (non-hydrogen) atoms. The zero-order valence-corrected chi connectivity index (χ0v) is 10.7. The van der Waals surface area contributed by atoms with E-state index in [4.69, 9.17) is 11.5 Å². The van der Waals surface area contributed by atoms with Gasteiger partial charge in [0.1, 0.15) is 0 Å². The van der Waals surface area contributed by atoms with E-state index in [9.17, 15) is 9.90 Å². The molecule has 4 N–H and O–H groups in total. The van der Waals surface area contributed by atoms with Crippen LogP contribution in [0.3, 0.4) is 0 Å². The zero-order valence-electron chi connectivity index (χ0n) is 10.7. The van der Waals surface area contributed by atoms with Crippen molar-refractivity contribution < 1.29 is 19.2 Å². The minimum Gasteiger partial charge on any atom is -0.548 e. The molecule has 0 saturated carbocycles. The number of anilines is 3. The zero-order chi connectivity index (χ0) is 15.4. The molecule has 0 aliphatic carbocycles. The molecule has 2 heterocycles. The van der Waals surface area contributed by atoms with Gasteiger partial charge in [-0.1, -0.05) is 12.1 Å². The molecule has 13 heteroatoms. The normalized spacial score (nSPS) is 12.6. The van der Waals surface area contributed by atoms with Gasteiger partial charge in [-0.3, -0.25) is 0 Å². The van der Waals surface area contributed by atoms with Crippen molar-refractivity contribution in [1.29, 1.82) is 0 Å². The summed E-state index contributed by atoms with van der Waals surface area (Å²) in [5.74, 6) is -1.97. The molecule has 112 valence electrons. The fourth-order valence-electron chi connectivity index (χ4n) is 1.39. The Morgan fingerprint density at radius 3 is 2.43 bits per heavy atom. The van der Waals surface area contributed by atoms with Crippen molar-refractivity contribution in [3.8, 4) is 0 Å². The van der Waals surface area contributed by atoms with Crippen LogP contribution in [-0.2, 0) is 4.79 Å². The van der Waals surface area contributed by atoms with Gasteiger partial charge in [-0.25, -0.2) is 14.3 Å². The Bertz CT molecular complexity index is 650. The Hall–Kier alpha value is -3.25. The SMILES string of the molecule is CCC(C(=O)[O-])N(N=Nc1nonc1N)c1nonc1N. The van der Waals surface area contributed by atoms with E-state index in [1.54, 1.807) is 6.92 Å². The van der Waals surface area contributed by atoms with Gasteiger partial charge in [-0.15, -0.1) is 5.11 Å². The monoisotopic (exact) mass is 296 g/mol. The molecule has 2 rings (SSSR count). The molecule has 0 saturated heterocycles. The smallest absolute Gasteiger partial charge is 0.263 e. The summed E-state index contributed by atoms with van der Waals surface area (Å²) >= 11 is 0. The molecule has 1 atom stereocenters. The molecular weight excluding hydrogens is 286 g/mol. The summed E-state index contributed by atoms with van der Waals surface area (Å²) in [5.41, 5.74) is 10.9. The highest BCUT2D eigenvalue weighted by Gasteiger charge is 2.25. The number of hydrogen-bond acceptors (Lipinski definition) is 12. The second kappa shape index (κ2) is 5.81. The van der Waals surface area contributed by atoms with Gasteiger partial charge in [0.05, 0.1) is 12.0 Å². The number of nitrogens with two attached hydrogens (primary N) is 2. The molecular formula is C8H10N9O4-. The highest BCUT2D eigenvalue weighted by molar-refractivity contribution is 5.76. The number of carboxylic acids is 1. The van der Waals surface area contributed by atoms with Gasteiger partial charge in [0.15, 0.2) is 0 Å². The van der Waals surface area contributed by atoms with Crippen LogP contribution >= 0.6 is 0 Å². The highest BCUT2D eigenvalue weighted by atomic mass is 16.6. The Labute approximate surface area is 116 Å². The van der Waals surface area contributed by atoms with Crippen molar-refractivity contribution in [3.05, 3.63) is 0 Å². The number of aliphatic carboxylic acids is 1. The van der Waals surface area contributed by atoms with E-state index in [1.807, 2.05) is 0 Å². The number of carbonyl (C=O) groups is 1. The van der Waals surface area contributed by atoms with E-state index in [1.165, 1.54) is 0 Å². The van der Waals surface area contributed by atoms with Gasteiger partial charge in [0.2, 0.25) is 17.5 Å². The molecule has 13 nitrogen and oxygen atoms in total. The second-order valence-electron chi connectivity index (χ2n) is 3.72. The first kappa shape index (κ1) is 14.2. The summed E-state index contributed by atoms with van der Waals surface area (Å²) in [5, 5.41) is 32.8. The van der Waals surface area contributed by atoms with Crippen LogP contribution in [0.2, 0.25) is 0 Å². The van der Waals surface area contributed by atoms with Gasteiger partial charge in [-0.2, -0.15) is 0 Å². The lowest BCUT2D eigenvalue weighted by Gasteiger charge is -2.25. The largest absolute Gasteiger partial charge is 0.548 e. The maximum absolute atomic E-state index is 11.2. The van der Waals surface area contributed by atoms with Crippen molar-refractivity contribution >= 4 is 29.2 Å². The van der Waals surface area contributed by atoms with E-state index >= 15 is 0 Å². The Morgan fingerprint density at radius 1 is 1.29 bits per heavy atom. The van der Waals surface area contributed by atoms with E-state index < -0.39 is 12.0 Å². The van der Waals surface area contributed by atoms with Gasteiger partial charge >= 0.3 is 0 Å². The van der Waals surface area contributed by atoms with Crippen LogP contribution in [-0.4, -0.2) is 32.6 Å². The van der Waals surface area contributed by atoms with Gasteiger partial charge in [0, 0.05) is 0 Å². The quantitative estimate of drug-likeness (QED) is 0.471. The molecule has 0 fully saturated rings. The van der Waals surface area contributed by atoms with E-state index in [0.29, 0.717) is 0 Å². The average molecular weight is 296 g/mol. The lowest BCUT2D eigenvalue weighted by Crippen LogP contribution is -2.45. The predicted octanol–water partition coefficient (Wildman–Crippen LogP) is -1.35. The molecule has 0 aliphatic rings. The lowest BCUT2D eigenvalue weighted by atomic mass is 10.2. The number of aromatic nitrogens is 4. The Kier molecular flexibility index (Phi) is 3.92. The van der Waals surface area contributed by atoms with Crippen LogP contribution < -0.4 is 21.6 Å². The molecule has 2 aromatic heterocycles. The van der Waals surface area contributed by atoms with Gasteiger partial charge < -0.3 is 21.4 Å². The second-order valence-corrected chi connectivity index (χ2v) is 3.72. The van der Waals surface area contributed by atoms with Crippen LogP contribution in [0.4, 0.5) is 23.3 Å². The van der Waals surface area contributed by atoms with E-state index in [-0.39, 0.29) is 29.7 Å². The average Bonchev–Trinajstić information content (AvgIpc) is 3.03. The molecule has 0 bridgehead atoms. The van der Waals surface area contributed by atoms with Gasteiger partial charge in [0.25, 0.3) is 5.82 Å². The number of carboxylic acid groups (broad SMARTS) is 1. The van der Waals surface area contributed by atoms with Crippen LogP contribution in [0.1, 0.15) is 13.3 Å². The summed E-state index contributed by atoms with van der Waals surface area (Å²) in [4.78, 5) is 11.2. The van der Waals surface area contributed by atoms with Crippen molar-refractivity contribution in [1.82, 2.24) is 20.6 Å². The number of carbonyl (C=O) groups excluding carboxylic acids is 1. The minimum absolute atomic E-state index is 0.119. The third kappa shape index (κ3) is 2.85. The van der Waals surface area contributed by atoms with Crippen molar-refractivity contribution in [2.45, 2.75) is 19.4 Å². The summed E-state index contributed by atoms with van der Waals surface area (Å²) in [6, 6.07) is -1.20. The molecule has 1 unspecified atom stereocenters. The maximum Gasteiger partial charge on any atom is 0.263 e. The van der Waals surface area contributed by atoms with Crippen LogP contribution in [0, 0.1) is 0 Å². The summed E-state index contributed by atoms with van der Waals surface area (Å²) < 4.78 is 8.74. The molecule has 0 aliphatic heterocycles. The van der Waals surface area contributed by atoms with Crippen LogP contribution in [0.25, 0.3) is 0 Å². The van der Waals surface area contributed by atoms with Gasteiger partial charge in [-0.05, 0) is 27.0 Å². The van der Waals surface area contributed by atoms with E-state index in [0.717, 1.165) is 5.01 Å². The predicted molar refractivity (Wildman–Crippen MR) is 63.5 cm³/mol. The molecule has 0 aromatic carbocycles. The molecule has 0 spiro atoms. The first-order chi connectivity index (χ1) is 10.0. The first-order valence-corrected chi connectivity index (χ1v) is 5.62. The highest BCUT2D eigenvalue weighted by Crippen LogP contribution is 2.24. The van der Waals surface area contributed by atoms with Crippen molar-refractivity contribution in [3.63, 3.8) is 0 Å². The topological polar surface area (TPSA) is 198 Å². The number of nitrogen functional groups attached to an aromatic ring is 2. The third-order valence-corrected chi connectivity index (χ3v) is 2.40. The summed E-state index contributed by atoms with van der Waals surface area (Å²) in [6.45, 7) is 1.60. The number of hydrogen-bond donors (Lipinski definition) is 2. The standard InChI is InChI=1S/C8H11N9O4/c1-2-3(8(18)19)17(7-5(10)13-21-15-7)16-11-6-4(9)12-20-14-6/h3H,2H2,1H3,(H2,9,12)(H2,10,13)(H,18,19)/p-1. The van der Waals surface area contributed by atoms with E-state index in [2.05, 4.69) is 40.2 Å². The lowest BCUT2D eigenvalue weighted by molar-refractivity contribution is -0.307. The fraction of sp³-hybridized carbons (Fsp3) is 0.375. The van der Waals surface area contributed by atoms with Crippen molar-refractivity contribution in [2.24, 2.45) is 10.3 Å². The van der Waals surface area contributed by atoms with Crippen molar-refractivity contribution in [2.75, 3.05) is 16.5 Å². The van der Waals surface area contributed by atoms with Crippen LogP contribution in [0.15, 0.2) is 19.6 Å². The molecule has 0 radical (unpaired) electrons. The minimum atomic E-state index is -1.41. The Balaban J connectivity index is 2.37.